The second kappa shape index (κ2) is 7.75. The summed E-state index contributed by atoms with van der Waals surface area (Å²) < 4.78 is 21.5. The maximum atomic E-state index is 14.3. The predicted molar refractivity (Wildman–Crippen MR) is 97.9 cm³/mol. The highest BCUT2D eigenvalue weighted by molar-refractivity contribution is 5.91. The molecule has 1 N–H and O–H groups in total. The number of carbonyl (C=O) groups is 1. The average molecular weight is 368 g/mol. The average Bonchev–Trinajstić information content (AvgIpc) is 3.43. The lowest BCUT2D eigenvalue weighted by Crippen LogP contribution is -2.22. The number of amides is 1. The molecule has 1 fully saturated rings. The summed E-state index contributed by atoms with van der Waals surface area (Å²) in [4.78, 5) is 18.5. The van der Waals surface area contributed by atoms with Crippen molar-refractivity contribution in [3.05, 3.63) is 72.0 Å². The fourth-order valence-corrected chi connectivity index (χ4v) is 3.29. The standard InChI is InChI=1S/C20H21FN4O2/c21-17-11-15(3-5-18(17)25-10-7-22-14-25)12-23-20(26)19-6-4-16(27-19)13-24-8-1-2-9-24/h3-7,10-11,14H,1-2,8-9,12-13H2,(H,23,26). The highest BCUT2D eigenvalue weighted by Gasteiger charge is 2.16. The molecule has 7 heteroatoms. The van der Waals surface area contributed by atoms with Gasteiger partial charge in [0.2, 0.25) is 0 Å². The third-order valence-corrected chi connectivity index (χ3v) is 4.71. The molecule has 6 nitrogen and oxygen atoms in total. The number of nitrogens with zero attached hydrogens (tertiary/aromatic N) is 3. The molecule has 2 aromatic heterocycles. The fourth-order valence-electron chi connectivity index (χ4n) is 3.29. The van der Waals surface area contributed by atoms with Gasteiger partial charge in [-0.25, -0.2) is 9.37 Å². The summed E-state index contributed by atoms with van der Waals surface area (Å²) in [5.74, 6) is 0.393. The van der Waals surface area contributed by atoms with Gasteiger partial charge in [0.25, 0.3) is 5.91 Å². The minimum atomic E-state index is -0.370. The summed E-state index contributed by atoms with van der Waals surface area (Å²) >= 11 is 0. The van der Waals surface area contributed by atoms with Gasteiger partial charge in [-0.15, -0.1) is 0 Å². The number of imidazole rings is 1. The number of hydrogen-bond acceptors (Lipinski definition) is 4. The van der Waals surface area contributed by atoms with E-state index >= 15 is 0 Å². The molecule has 4 rings (SSSR count). The van der Waals surface area contributed by atoms with Crippen LogP contribution in [0.15, 0.2) is 53.5 Å². The van der Waals surface area contributed by atoms with E-state index < -0.39 is 0 Å². The van der Waals surface area contributed by atoms with Crippen LogP contribution in [0.1, 0.15) is 34.7 Å². The van der Waals surface area contributed by atoms with E-state index in [0.717, 1.165) is 25.4 Å². The van der Waals surface area contributed by atoms with E-state index in [4.69, 9.17) is 4.42 Å². The third-order valence-electron chi connectivity index (χ3n) is 4.71. The van der Waals surface area contributed by atoms with Crippen molar-refractivity contribution < 1.29 is 13.6 Å². The Bertz CT molecular complexity index is 914. The lowest BCUT2D eigenvalue weighted by atomic mass is 10.2. The van der Waals surface area contributed by atoms with Gasteiger partial charge in [-0.1, -0.05) is 6.07 Å². The smallest absolute Gasteiger partial charge is 0.287 e. The van der Waals surface area contributed by atoms with Gasteiger partial charge < -0.3 is 14.3 Å². The lowest BCUT2D eigenvalue weighted by molar-refractivity contribution is 0.0919. The minimum absolute atomic E-state index is 0.224. The molecular formula is C20H21FN4O2. The van der Waals surface area contributed by atoms with Crippen LogP contribution in [-0.4, -0.2) is 33.4 Å². The van der Waals surface area contributed by atoms with Crippen molar-refractivity contribution >= 4 is 5.91 Å². The number of hydrogen-bond donors (Lipinski definition) is 1. The molecule has 1 aromatic carbocycles. The van der Waals surface area contributed by atoms with Crippen molar-refractivity contribution in [3.63, 3.8) is 0 Å². The third kappa shape index (κ3) is 4.09. The molecule has 1 aliphatic rings. The Kier molecular flexibility index (Phi) is 5.02. The van der Waals surface area contributed by atoms with Gasteiger partial charge in [0.05, 0.1) is 18.6 Å². The number of benzene rings is 1. The molecule has 1 saturated heterocycles. The zero-order valence-electron chi connectivity index (χ0n) is 14.9. The van der Waals surface area contributed by atoms with Crippen molar-refractivity contribution in [3.8, 4) is 5.69 Å². The minimum Gasteiger partial charge on any atom is -0.455 e. The molecular weight excluding hydrogens is 347 g/mol. The Morgan fingerprint density at radius 2 is 2.07 bits per heavy atom. The van der Waals surface area contributed by atoms with E-state index in [2.05, 4.69) is 15.2 Å². The first-order chi connectivity index (χ1) is 13.2. The molecule has 140 valence electrons. The predicted octanol–water partition coefficient (Wildman–Crippen LogP) is 3.13. The van der Waals surface area contributed by atoms with E-state index in [1.165, 1.54) is 25.2 Å². The maximum Gasteiger partial charge on any atom is 0.287 e. The van der Waals surface area contributed by atoms with Crippen molar-refractivity contribution in [2.45, 2.75) is 25.9 Å². The van der Waals surface area contributed by atoms with Crippen LogP contribution < -0.4 is 5.32 Å². The number of halogens is 1. The van der Waals surface area contributed by atoms with Crippen LogP contribution in [0.2, 0.25) is 0 Å². The van der Waals surface area contributed by atoms with Crippen LogP contribution in [0.5, 0.6) is 0 Å². The van der Waals surface area contributed by atoms with Crippen LogP contribution >= 0.6 is 0 Å². The summed E-state index contributed by atoms with van der Waals surface area (Å²) in [6.07, 6.45) is 7.23. The van der Waals surface area contributed by atoms with E-state index in [9.17, 15) is 9.18 Å². The molecule has 1 aliphatic heterocycles. The van der Waals surface area contributed by atoms with Gasteiger partial charge in [0.15, 0.2) is 5.76 Å². The first-order valence-corrected chi connectivity index (χ1v) is 9.05. The van der Waals surface area contributed by atoms with Gasteiger partial charge >= 0.3 is 0 Å². The summed E-state index contributed by atoms with van der Waals surface area (Å²) in [5, 5.41) is 2.77. The molecule has 27 heavy (non-hydrogen) atoms. The van der Waals surface area contributed by atoms with Crippen LogP contribution in [-0.2, 0) is 13.1 Å². The number of likely N-dealkylation sites (tertiary alicyclic amines) is 1. The van der Waals surface area contributed by atoms with Crippen molar-refractivity contribution in [2.75, 3.05) is 13.1 Å². The molecule has 0 aliphatic carbocycles. The van der Waals surface area contributed by atoms with Gasteiger partial charge in [-0.05, 0) is 55.8 Å². The lowest BCUT2D eigenvalue weighted by Gasteiger charge is -2.11. The molecule has 0 atom stereocenters. The molecule has 1 amide bonds. The van der Waals surface area contributed by atoms with E-state index in [1.54, 1.807) is 35.2 Å². The Labute approximate surface area is 156 Å². The van der Waals surface area contributed by atoms with Crippen LogP contribution in [0.4, 0.5) is 4.39 Å². The van der Waals surface area contributed by atoms with Gasteiger partial charge in [-0.3, -0.25) is 9.69 Å². The van der Waals surface area contributed by atoms with E-state index in [1.807, 2.05) is 6.07 Å². The molecule has 0 unspecified atom stereocenters. The van der Waals surface area contributed by atoms with Crippen molar-refractivity contribution in [2.24, 2.45) is 0 Å². The zero-order chi connectivity index (χ0) is 18.6. The van der Waals surface area contributed by atoms with Gasteiger partial charge in [0.1, 0.15) is 11.6 Å². The summed E-state index contributed by atoms with van der Waals surface area (Å²) in [6, 6.07) is 8.38. The van der Waals surface area contributed by atoms with Crippen molar-refractivity contribution in [1.82, 2.24) is 19.8 Å². The molecule has 3 heterocycles. The molecule has 3 aromatic rings. The van der Waals surface area contributed by atoms with Crippen LogP contribution in [0.3, 0.4) is 0 Å². The number of aromatic nitrogens is 2. The largest absolute Gasteiger partial charge is 0.455 e. The summed E-state index contributed by atoms with van der Waals surface area (Å²) in [6.45, 7) is 3.10. The molecule has 0 saturated carbocycles. The highest BCUT2D eigenvalue weighted by Crippen LogP contribution is 2.17. The quantitative estimate of drug-likeness (QED) is 0.726. The van der Waals surface area contributed by atoms with E-state index in [-0.39, 0.29) is 24.0 Å². The van der Waals surface area contributed by atoms with Crippen molar-refractivity contribution in [1.29, 1.82) is 0 Å². The second-order valence-electron chi connectivity index (χ2n) is 6.69. The number of carbonyl (C=O) groups excluding carboxylic acids is 1. The fraction of sp³-hybridized carbons (Fsp3) is 0.300. The topological polar surface area (TPSA) is 63.3 Å². The number of furan rings is 1. The molecule has 0 radical (unpaired) electrons. The first-order valence-electron chi connectivity index (χ1n) is 9.05. The normalized spacial score (nSPS) is 14.6. The Morgan fingerprint density at radius 3 is 2.81 bits per heavy atom. The molecule has 0 spiro atoms. The van der Waals surface area contributed by atoms with Gasteiger partial charge in [0, 0.05) is 18.9 Å². The Balaban J connectivity index is 1.35. The van der Waals surface area contributed by atoms with Crippen LogP contribution in [0, 0.1) is 5.82 Å². The Hall–Kier alpha value is -2.93. The second-order valence-corrected chi connectivity index (χ2v) is 6.69. The SMILES string of the molecule is O=C(NCc1ccc(-n2ccnc2)c(F)c1)c1ccc(CN2CCCC2)o1. The zero-order valence-corrected chi connectivity index (χ0v) is 14.9. The monoisotopic (exact) mass is 368 g/mol. The number of rotatable bonds is 6. The first kappa shape index (κ1) is 17.5. The molecule has 0 bridgehead atoms. The maximum absolute atomic E-state index is 14.3. The summed E-state index contributed by atoms with van der Waals surface area (Å²) in [7, 11) is 0. The number of nitrogens with one attached hydrogen (secondary N) is 1. The van der Waals surface area contributed by atoms with Crippen LogP contribution in [0.25, 0.3) is 5.69 Å². The highest BCUT2D eigenvalue weighted by atomic mass is 19.1. The summed E-state index contributed by atoms with van der Waals surface area (Å²) in [5.41, 5.74) is 1.09. The van der Waals surface area contributed by atoms with Gasteiger partial charge in [-0.2, -0.15) is 0 Å². The Morgan fingerprint density at radius 1 is 1.22 bits per heavy atom. The van der Waals surface area contributed by atoms with E-state index in [0.29, 0.717) is 11.3 Å².